The monoisotopic (exact) mass is 320 g/mol. The first-order chi connectivity index (χ1) is 10.2. The third-order valence-electron chi connectivity index (χ3n) is 3.81. The van der Waals surface area contributed by atoms with Crippen LogP contribution in [-0.4, -0.2) is 14.8 Å². The lowest BCUT2D eigenvalue weighted by Crippen LogP contribution is -2.22. The second kappa shape index (κ2) is 6.50. The van der Waals surface area contributed by atoms with Crippen molar-refractivity contribution in [2.45, 2.75) is 72.0 Å². The summed E-state index contributed by atoms with van der Waals surface area (Å²) in [4.78, 5) is 4.80. The van der Waals surface area contributed by atoms with Crippen molar-refractivity contribution in [1.29, 1.82) is 0 Å². The molecule has 2 heterocycles. The molecule has 0 aliphatic carbocycles. The van der Waals surface area contributed by atoms with Crippen LogP contribution in [-0.2, 0) is 5.41 Å². The first-order valence-electron chi connectivity index (χ1n) is 7.94. The standard InChI is InChI=1S/C17H28N4S/c1-11(2)21-9-14(8-18-21)12(3)19-13(4)16-20-15(10-22-16)17(5,6)7/h8-13,19H,1-7H3. The zero-order valence-electron chi connectivity index (χ0n) is 14.7. The van der Waals surface area contributed by atoms with Gasteiger partial charge in [0.25, 0.3) is 0 Å². The lowest BCUT2D eigenvalue weighted by Gasteiger charge is -2.18. The summed E-state index contributed by atoms with van der Waals surface area (Å²) in [5.74, 6) is 0. The van der Waals surface area contributed by atoms with E-state index in [-0.39, 0.29) is 17.5 Å². The van der Waals surface area contributed by atoms with Gasteiger partial charge in [-0.25, -0.2) is 4.98 Å². The fraction of sp³-hybridized carbons (Fsp3) is 0.647. The molecule has 0 spiro atoms. The summed E-state index contributed by atoms with van der Waals surface area (Å²) < 4.78 is 2.00. The highest BCUT2D eigenvalue weighted by Gasteiger charge is 2.20. The average Bonchev–Trinajstić information content (AvgIpc) is 3.07. The molecule has 2 atom stereocenters. The van der Waals surface area contributed by atoms with Crippen molar-refractivity contribution < 1.29 is 0 Å². The first-order valence-corrected chi connectivity index (χ1v) is 8.82. The molecule has 5 heteroatoms. The summed E-state index contributed by atoms with van der Waals surface area (Å²) in [5, 5.41) is 11.4. The van der Waals surface area contributed by atoms with Crippen molar-refractivity contribution in [2.24, 2.45) is 0 Å². The van der Waals surface area contributed by atoms with E-state index in [1.165, 1.54) is 11.3 Å². The highest BCUT2D eigenvalue weighted by Crippen LogP contribution is 2.28. The molecule has 2 rings (SSSR count). The van der Waals surface area contributed by atoms with E-state index >= 15 is 0 Å². The Morgan fingerprint density at radius 3 is 2.32 bits per heavy atom. The summed E-state index contributed by atoms with van der Waals surface area (Å²) in [7, 11) is 0. The number of rotatable bonds is 5. The maximum atomic E-state index is 4.80. The van der Waals surface area contributed by atoms with Crippen LogP contribution < -0.4 is 5.32 Å². The van der Waals surface area contributed by atoms with Crippen molar-refractivity contribution in [3.63, 3.8) is 0 Å². The van der Waals surface area contributed by atoms with Crippen LogP contribution in [0, 0.1) is 0 Å². The van der Waals surface area contributed by atoms with Gasteiger partial charge in [0.05, 0.1) is 17.9 Å². The summed E-state index contributed by atoms with van der Waals surface area (Å²) in [6.07, 6.45) is 4.07. The molecule has 0 fully saturated rings. The topological polar surface area (TPSA) is 42.7 Å². The SMILES string of the molecule is CC(NC(C)c1nc(C(C)(C)C)cs1)c1cnn(C(C)C)c1. The van der Waals surface area contributed by atoms with Gasteiger partial charge < -0.3 is 5.32 Å². The van der Waals surface area contributed by atoms with Crippen LogP contribution >= 0.6 is 11.3 Å². The zero-order valence-corrected chi connectivity index (χ0v) is 15.5. The predicted molar refractivity (Wildman–Crippen MR) is 93.4 cm³/mol. The van der Waals surface area contributed by atoms with Gasteiger partial charge in [-0.3, -0.25) is 4.68 Å². The smallest absolute Gasteiger partial charge is 0.110 e. The Labute approximate surface area is 138 Å². The Balaban J connectivity index is 2.04. The van der Waals surface area contributed by atoms with Gasteiger partial charge in [0.15, 0.2) is 0 Å². The van der Waals surface area contributed by atoms with Crippen molar-refractivity contribution in [1.82, 2.24) is 20.1 Å². The van der Waals surface area contributed by atoms with Crippen LogP contribution in [0.3, 0.4) is 0 Å². The van der Waals surface area contributed by atoms with Crippen LogP contribution in [0.15, 0.2) is 17.8 Å². The van der Waals surface area contributed by atoms with E-state index in [0.29, 0.717) is 6.04 Å². The highest BCUT2D eigenvalue weighted by molar-refractivity contribution is 7.09. The maximum absolute atomic E-state index is 4.80. The molecule has 1 N–H and O–H groups in total. The summed E-state index contributed by atoms with van der Waals surface area (Å²) in [6.45, 7) is 15.2. The number of nitrogens with one attached hydrogen (secondary N) is 1. The van der Waals surface area contributed by atoms with Gasteiger partial charge in [-0.05, 0) is 27.7 Å². The fourth-order valence-electron chi connectivity index (χ4n) is 2.23. The van der Waals surface area contributed by atoms with Crippen LogP contribution in [0.4, 0.5) is 0 Å². The molecule has 0 bridgehead atoms. The Morgan fingerprint density at radius 2 is 1.82 bits per heavy atom. The second-order valence-corrected chi connectivity index (χ2v) is 8.17. The predicted octanol–water partition coefficient (Wildman–Crippen LogP) is 4.63. The summed E-state index contributed by atoms with van der Waals surface area (Å²) in [6, 6.07) is 0.884. The van der Waals surface area contributed by atoms with E-state index in [2.05, 4.69) is 70.5 Å². The van der Waals surface area contributed by atoms with Gasteiger partial charge in [0.2, 0.25) is 0 Å². The largest absolute Gasteiger partial charge is 0.301 e. The number of hydrogen-bond acceptors (Lipinski definition) is 4. The molecule has 0 aromatic carbocycles. The van der Waals surface area contributed by atoms with Crippen LogP contribution in [0.1, 0.15) is 82.9 Å². The van der Waals surface area contributed by atoms with Crippen molar-refractivity contribution in [3.8, 4) is 0 Å². The number of aromatic nitrogens is 3. The molecule has 2 aromatic heterocycles. The quantitative estimate of drug-likeness (QED) is 0.873. The highest BCUT2D eigenvalue weighted by atomic mass is 32.1. The van der Waals surface area contributed by atoms with Gasteiger partial charge in [-0.1, -0.05) is 20.8 Å². The molecule has 0 amide bonds. The Hall–Kier alpha value is -1.20. The van der Waals surface area contributed by atoms with Crippen molar-refractivity contribution in [2.75, 3.05) is 0 Å². The van der Waals surface area contributed by atoms with Gasteiger partial charge >= 0.3 is 0 Å². The Morgan fingerprint density at radius 1 is 1.14 bits per heavy atom. The van der Waals surface area contributed by atoms with Crippen molar-refractivity contribution in [3.05, 3.63) is 34.0 Å². The van der Waals surface area contributed by atoms with Crippen LogP contribution in [0.5, 0.6) is 0 Å². The van der Waals surface area contributed by atoms with E-state index in [9.17, 15) is 0 Å². The van der Waals surface area contributed by atoms with Crippen LogP contribution in [0.25, 0.3) is 0 Å². The Bertz CT molecular complexity index is 606. The molecule has 122 valence electrons. The molecule has 0 aliphatic heterocycles. The number of nitrogens with zero attached hydrogens (tertiary/aromatic N) is 3. The van der Waals surface area contributed by atoms with Crippen molar-refractivity contribution >= 4 is 11.3 Å². The summed E-state index contributed by atoms with van der Waals surface area (Å²) in [5.41, 5.74) is 2.49. The van der Waals surface area contributed by atoms with E-state index in [1.807, 2.05) is 10.9 Å². The molecular formula is C17H28N4S. The molecule has 0 saturated heterocycles. The molecule has 4 nitrogen and oxygen atoms in total. The molecule has 2 aromatic rings. The second-order valence-electron chi connectivity index (χ2n) is 7.28. The van der Waals surface area contributed by atoms with Gasteiger partial charge in [-0.15, -0.1) is 11.3 Å². The van der Waals surface area contributed by atoms with E-state index in [4.69, 9.17) is 4.98 Å². The molecular weight excluding hydrogens is 292 g/mol. The lowest BCUT2D eigenvalue weighted by molar-refractivity contribution is 0.486. The molecule has 0 saturated carbocycles. The van der Waals surface area contributed by atoms with Gasteiger partial charge in [-0.2, -0.15) is 5.10 Å². The fourth-order valence-corrected chi connectivity index (χ4v) is 3.29. The van der Waals surface area contributed by atoms with Gasteiger partial charge in [0, 0.05) is 34.6 Å². The van der Waals surface area contributed by atoms with Crippen LogP contribution in [0.2, 0.25) is 0 Å². The van der Waals surface area contributed by atoms with E-state index in [0.717, 1.165) is 5.01 Å². The number of hydrogen-bond donors (Lipinski definition) is 1. The molecule has 0 radical (unpaired) electrons. The summed E-state index contributed by atoms with van der Waals surface area (Å²) >= 11 is 1.74. The normalized spacial score (nSPS) is 15.3. The van der Waals surface area contributed by atoms with E-state index < -0.39 is 0 Å². The third-order valence-corrected chi connectivity index (χ3v) is 4.84. The molecule has 0 aliphatic rings. The Kier molecular flexibility index (Phi) is 5.07. The van der Waals surface area contributed by atoms with E-state index in [1.54, 1.807) is 11.3 Å². The minimum absolute atomic E-state index is 0.110. The lowest BCUT2D eigenvalue weighted by atomic mass is 9.93. The maximum Gasteiger partial charge on any atom is 0.110 e. The molecule has 22 heavy (non-hydrogen) atoms. The molecule has 2 unspecified atom stereocenters. The van der Waals surface area contributed by atoms with Gasteiger partial charge in [0.1, 0.15) is 5.01 Å². The zero-order chi connectivity index (χ0) is 16.5. The minimum Gasteiger partial charge on any atom is -0.301 e. The average molecular weight is 321 g/mol. The number of thiazole rings is 1. The third kappa shape index (κ3) is 3.96. The minimum atomic E-state index is 0.110. The first kappa shape index (κ1) is 17.2.